The van der Waals surface area contributed by atoms with Gasteiger partial charge in [0.25, 0.3) is 0 Å². The Labute approximate surface area is 79.4 Å². The minimum Gasteiger partial charge on any atom is -0.306 e. The van der Waals surface area contributed by atoms with Gasteiger partial charge in [-0.05, 0) is 12.3 Å². The van der Waals surface area contributed by atoms with Crippen molar-refractivity contribution in [2.45, 2.75) is 38.5 Å². The molecule has 0 aliphatic heterocycles. The molecule has 0 bridgehead atoms. The van der Waals surface area contributed by atoms with Crippen LogP contribution in [0.3, 0.4) is 0 Å². The van der Waals surface area contributed by atoms with Crippen molar-refractivity contribution in [1.29, 1.82) is 0 Å². The highest BCUT2D eigenvalue weighted by atomic mass is 31.2. The molecular weight excluding hydrogens is 190 g/mol. The Kier molecular flexibility index (Phi) is 4.40. The molecule has 1 aliphatic rings. The molecule has 1 atom stereocenters. The van der Waals surface area contributed by atoms with Gasteiger partial charge in [0, 0.05) is 6.66 Å². The van der Waals surface area contributed by atoms with Crippen LogP contribution in [0.5, 0.6) is 0 Å². The summed E-state index contributed by atoms with van der Waals surface area (Å²) >= 11 is 0. The second-order valence-corrected chi connectivity index (χ2v) is 5.62. The first kappa shape index (κ1) is 11.2. The van der Waals surface area contributed by atoms with Gasteiger partial charge in [0.15, 0.2) is 0 Å². The lowest BCUT2D eigenvalue weighted by Gasteiger charge is -2.21. The molecule has 0 saturated heterocycles. The minimum atomic E-state index is -3.73. The average molecular weight is 208 g/mol. The molecule has 78 valence electrons. The van der Waals surface area contributed by atoms with Crippen molar-refractivity contribution in [2.75, 3.05) is 13.3 Å². The fourth-order valence-corrected chi connectivity index (χ4v) is 2.29. The molecule has 0 amide bonds. The van der Waals surface area contributed by atoms with Gasteiger partial charge in [0.1, 0.15) is 0 Å². The molecule has 0 spiro atoms. The summed E-state index contributed by atoms with van der Waals surface area (Å²) in [7, 11) is -3.73. The highest BCUT2D eigenvalue weighted by Crippen LogP contribution is 2.44. The monoisotopic (exact) mass is 208 g/mol. The van der Waals surface area contributed by atoms with Gasteiger partial charge in [-0.1, -0.05) is 32.1 Å². The molecule has 1 unspecified atom stereocenters. The van der Waals surface area contributed by atoms with E-state index in [0.717, 1.165) is 13.1 Å². The first-order valence-electron chi connectivity index (χ1n) is 4.99. The zero-order valence-electron chi connectivity index (χ0n) is 8.17. The Bertz CT molecular complexity index is 184. The summed E-state index contributed by atoms with van der Waals surface area (Å²) < 4.78 is 27.7. The van der Waals surface area contributed by atoms with E-state index in [0.29, 0.717) is 12.5 Å². The number of rotatable bonds is 4. The quantitative estimate of drug-likeness (QED) is 0.657. The largest absolute Gasteiger partial charge is 0.364 e. The average Bonchev–Trinajstić information content (AvgIpc) is 2.04. The van der Waals surface area contributed by atoms with Crippen molar-refractivity contribution < 1.29 is 13.3 Å². The third-order valence-corrected chi connectivity index (χ3v) is 3.22. The van der Waals surface area contributed by atoms with Crippen LogP contribution in [0.2, 0.25) is 0 Å². The summed E-state index contributed by atoms with van der Waals surface area (Å²) in [4.78, 5) is 0. The molecular formula is C9H18FO2P. The Morgan fingerprint density at radius 2 is 2.00 bits per heavy atom. The standard InChI is InChI=1S/C9H18FO2P/c1-13(10,11)12-8-7-9-5-3-2-4-6-9/h9H,2-8H2,1H3. The molecule has 1 saturated carbocycles. The second-order valence-electron chi connectivity index (χ2n) is 3.87. The first-order valence-corrected chi connectivity index (χ1v) is 6.96. The summed E-state index contributed by atoms with van der Waals surface area (Å²) in [5.41, 5.74) is 0. The van der Waals surface area contributed by atoms with Crippen LogP contribution < -0.4 is 0 Å². The zero-order valence-corrected chi connectivity index (χ0v) is 9.06. The van der Waals surface area contributed by atoms with Crippen molar-refractivity contribution in [3.05, 3.63) is 0 Å². The van der Waals surface area contributed by atoms with E-state index in [1.54, 1.807) is 0 Å². The van der Waals surface area contributed by atoms with Gasteiger partial charge in [-0.2, -0.15) is 4.20 Å². The lowest BCUT2D eigenvalue weighted by molar-refractivity contribution is 0.236. The maximum atomic E-state index is 12.5. The van der Waals surface area contributed by atoms with E-state index in [4.69, 9.17) is 0 Å². The van der Waals surface area contributed by atoms with Gasteiger partial charge in [0.2, 0.25) is 0 Å². The molecule has 13 heavy (non-hydrogen) atoms. The summed E-state index contributed by atoms with van der Waals surface area (Å²) in [6, 6.07) is 0. The molecule has 1 rings (SSSR count). The van der Waals surface area contributed by atoms with Crippen molar-refractivity contribution in [2.24, 2.45) is 5.92 Å². The van der Waals surface area contributed by atoms with E-state index in [2.05, 4.69) is 4.52 Å². The molecule has 2 nitrogen and oxygen atoms in total. The molecule has 0 aromatic heterocycles. The predicted molar refractivity (Wildman–Crippen MR) is 51.8 cm³/mol. The van der Waals surface area contributed by atoms with Crippen LogP contribution in [0.25, 0.3) is 0 Å². The molecule has 0 aromatic rings. The SMILES string of the molecule is CP(=O)(F)OCCC1CCCCC1. The van der Waals surface area contributed by atoms with Crippen LogP contribution in [-0.2, 0) is 9.09 Å². The summed E-state index contributed by atoms with van der Waals surface area (Å²) in [5.74, 6) is 0.667. The van der Waals surface area contributed by atoms with E-state index >= 15 is 0 Å². The maximum Gasteiger partial charge on any atom is 0.364 e. The highest BCUT2D eigenvalue weighted by molar-refractivity contribution is 7.52. The van der Waals surface area contributed by atoms with Crippen molar-refractivity contribution in [3.63, 3.8) is 0 Å². The molecule has 0 aromatic carbocycles. The van der Waals surface area contributed by atoms with Crippen LogP contribution in [0.4, 0.5) is 4.20 Å². The van der Waals surface area contributed by atoms with Gasteiger partial charge in [-0.25, -0.2) is 0 Å². The lowest BCUT2D eigenvalue weighted by Crippen LogP contribution is -2.08. The fourth-order valence-electron chi connectivity index (χ4n) is 1.86. The van der Waals surface area contributed by atoms with E-state index in [9.17, 15) is 8.76 Å². The molecule has 0 radical (unpaired) electrons. The van der Waals surface area contributed by atoms with Crippen LogP contribution in [0.1, 0.15) is 38.5 Å². The van der Waals surface area contributed by atoms with Crippen molar-refractivity contribution >= 4 is 7.68 Å². The fraction of sp³-hybridized carbons (Fsp3) is 1.00. The third kappa shape index (κ3) is 5.43. The van der Waals surface area contributed by atoms with E-state index in [1.807, 2.05) is 0 Å². The normalized spacial score (nSPS) is 24.2. The summed E-state index contributed by atoms with van der Waals surface area (Å²) in [6.07, 6.45) is 7.20. The van der Waals surface area contributed by atoms with Gasteiger partial charge in [-0.15, -0.1) is 0 Å². The van der Waals surface area contributed by atoms with Gasteiger partial charge >= 0.3 is 7.68 Å². The summed E-state index contributed by atoms with van der Waals surface area (Å²) in [6.45, 7) is 1.34. The Hall–Kier alpha value is 0.120. The van der Waals surface area contributed by atoms with Crippen molar-refractivity contribution in [3.8, 4) is 0 Å². The highest BCUT2D eigenvalue weighted by Gasteiger charge is 2.16. The Morgan fingerprint density at radius 3 is 2.54 bits per heavy atom. The number of halogens is 1. The van der Waals surface area contributed by atoms with Crippen LogP contribution in [-0.4, -0.2) is 13.3 Å². The van der Waals surface area contributed by atoms with Gasteiger partial charge < -0.3 is 4.52 Å². The van der Waals surface area contributed by atoms with Gasteiger partial charge in [0.05, 0.1) is 6.61 Å². The Balaban J connectivity index is 2.08. The van der Waals surface area contributed by atoms with E-state index in [-0.39, 0.29) is 0 Å². The predicted octanol–water partition coefficient (Wildman–Crippen LogP) is 3.77. The molecule has 4 heteroatoms. The van der Waals surface area contributed by atoms with E-state index < -0.39 is 7.68 Å². The van der Waals surface area contributed by atoms with E-state index in [1.165, 1.54) is 32.1 Å². The van der Waals surface area contributed by atoms with Crippen LogP contribution in [0.15, 0.2) is 0 Å². The van der Waals surface area contributed by atoms with Crippen LogP contribution >= 0.6 is 7.68 Å². The third-order valence-electron chi connectivity index (χ3n) is 2.57. The zero-order chi connectivity index (χ0) is 9.73. The maximum absolute atomic E-state index is 12.5. The number of hydrogen-bond donors (Lipinski definition) is 0. The molecule has 1 aliphatic carbocycles. The van der Waals surface area contributed by atoms with Crippen molar-refractivity contribution in [1.82, 2.24) is 0 Å². The smallest absolute Gasteiger partial charge is 0.306 e. The summed E-state index contributed by atoms with van der Waals surface area (Å²) in [5, 5.41) is 0. The van der Waals surface area contributed by atoms with Crippen LogP contribution in [0, 0.1) is 5.92 Å². The number of hydrogen-bond acceptors (Lipinski definition) is 2. The topological polar surface area (TPSA) is 26.3 Å². The first-order chi connectivity index (χ1) is 6.08. The minimum absolute atomic E-state index is 0.314. The molecule has 0 N–H and O–H groups in total. The second kappa shape index (κ2) is 5.11. The molecule has 1 fully saturated rings. The van der Waals surface area contributed by atoms with Gasteiger partial charge in [-0.3, -0.25) is 4.57 Å². The molecule has 0 heterocycles. The Morgan fingerprint density at radius 1 is 1.38 bits per heavy atom. The lowest BCUT2D eigenvalue weighted by atomic mass is 9.87.